The van der Waals surface area contributed by atoms with Gasteiger partial charge in [-0.15, -0.1) is 0 Å². The van der Waals surface area contributed by atoms with Crippen molar-refractivity contribution >= 4 is 5.97 Å². The lowest BCUT2D eigenvalue weighted by molar-refractivity contribution is -0.138. The number of rotatable bonds is 6. The van der Waals surface area contributed by atoms with Gasteiger partial charge in [0.05, 0.1) is 0 Å². The van der Waals surface area contributed by atoms with E-state index >= 15 is 0 Å². The second-order valence-electron chi connectivity index (χ2n) is 2.14. The normalized spacial score (nSPS) is 14.3. The van der Waals surface area contributed by atoms with Crippen molar-refractivity contribution < 1.29 is 15.0 Å². The SMILES string of the molecule is [2H]OCCCC[C@H](N)C(=O)O. The van der Waals surface area contributed by atoms with E-state index in [-0.39, 0.29) is 0 Å². The summed E-state index contributed by atoms with van der Waals surface area (Å²) in [5, 5.41) is 12.4. The first-order valence-corrected chi connectivity index (χ1v) is 3.25. The maximum Gasteiger partial charge on any atom is 0.320 e. The predicted octanol–water partition coefficient (Wildman–Crippen LogP) is -0.439. The van der Waals surface area contributed by atoms with Gasteiger partial charge in [-0.3, -0.25) is 4.79 Å². The molecule has 4 heteroatoms. The van der Waals surface area contributed by atoms with Crippen LogP contribution in [0, 0.1) is 0 Å². The highest BCUT2D eigenvalue weighted by Gasteiger charge is 2.09. The van der Waals surface area contributed by atoms with Crippen LogP contribution in [0.3, 0.4) is 0 Å². The first-order valence-electron chi connectivity index (χ1n) is 3.65. The summed E-state index contributed by atoms with van der Waals surface area (Å²) in [5.41, 5.74) is 5.21. The number of aliphatic hydroxyl groups is 1. The minimum Gasteiger partial charge on any atom is -0.480 e. The van der Waals surface area contributed by atoms with Crippen molar-refractivity contribution in [2.45, 2.75) is 25.3 Å². The van der Waals surface area contributed by atoms with E-state index in [1.54, 1.807) is 0 Å². The molecule has 0 saturated carbocycles. The summed E-state index contributed by atoms with van der Waals surface area (Å²) in [6.07, 6.45) is 1.81. The highest BCUT2D eigenvalue weighted by molar-refractivity contribution is 5.72. The lowest BCUT2D eigenvalue weighted by atomic mass is 10.1. The van der Waals surface area contributed by atoms with Crippen molar-refractivity contribution in [2.24, 2.45) is 5.73 Å². The molecule has 0 unspecified atom stereocenters. The quantitative estimate of drug-likeness (QED) is 0.446. The fraction of sp³-hybridized carbons (Fsp3) is 0.833. The Morgan fingerprint density at radius 1 is 1.70 bits per heavy atom. The fourth-order valence-corrected chi connectivity index (χ4v) is 0.590. The molecular weight excluding hydrogens is 134 g/mol. The fourth-order valence-electron chi connectivity index (χ4n) is 0.590. The molecule has 0 aromatic carbocycles. The van der Waals surface area contributed by atoms with E-state index in [0.29, 0.717) is 25.9 Å². The summed E-state index contributed by atoms with van der Waals surface area (Å²) >= 11 is 0. The Bertz CT molecular complexity index is 120. The highest BCUT2D eigenvalue weighted by atomic mass is 16.4. The van der Waals surface area contributed by atoms with Gasteiger partial charge in [-0.2, -0.15) is 0 Å². The van der Waals surface area contributed by atoms with Gasteiger partial charge in [-0.25, -0.2) is 0 Å². The van der Waals surface area contributed by atoms with E-state index in [4.69, 9.17) is 12.3 Å². The van der Waals surface area contributed by atoms with Gasteiger partial charge >= 0.3 is 5.97 Å². The molecule has 0 spiro atoms. The van der Waals surface area contributed by atoms with Crippen LogP contribution in [-0.4, -0.2) is 30.3 Å². The molecule has 10 heavy (non-hydrogen) atoms. The summed E-state index contributed by atoms with van der Waals surface area (Å²) in [5.74, 6) is -0.975. The average Bonchev–Trinajstić information content (AvgIpc) is 1.97. The lowest BCUT2D eigenvalue weighted by Crippen LogP contribution is -2.29. The molecule has 4 nitrogen and oxygen atoms in total. The number of aliphatic carboxylic acids is 1. The molecule has 1 atom stereocenters. The minimum absolute atomic E-state index is 0.340. The summed E-state index contributed by atoms with van der Waals surface area (Å²) in [4.78, 5) is 10.2. The number of unbranched alkanes of at least 4 members (excludes halogenated alkanes) is 1. The molecule has 0 amide bonds. The van der Waals surface area contributed by atoms with Gasteiger partial charge in [0.1, 0.15) is 6.04 Å². The summed E-state index contributed by atoms with van der Waals surface area (Å²) in [7, 11) is 0. The molecule has 0 radical (unpaired) electrons. The second kappa shape index (κ2) is 5.20. The molecule has 0 aliphatic rings. The Labute approximate surface area is 61.1 Å². The van der Waals surface area contributed by atoms with Gasteiger partial charge in [0.2, 0.25) is 1.43 Å². The largest absolute Gasteiger partial charge is 0.480 e. The number of nitrogens with two attached hydrogens (primary N) is 1. The molecule has 0 aromatic heterocycles. The van der Waals surface area contributed by atoms with Gasteiger partial charge in [0.15, 0.2) is 0 Å². The van der Waals surface area contributed by atoms with E-state index in [0.717, 1.165) is 0 Å². The molecule has 60 valence electrons. The average molecular weight is 148 g/mol. The third-order valence-electron chi connectivity index (χ3n) is 1.23. The van der Waals surface area contributed by atoms with Crippen LogP contribution in [0.15, 0.2) is 0 Å². The topological polar surface area (TPSA) is 83.5 Å². The number of hydrogen-bond acceptors (Lipinski definition) is 3. The third kappa shape index (κ3) is 4.29. The molecule has 0 aromatic rings. The van der Waals surface area contributed by atoms with Gasteiger partial charge < -0.3 is 15.9 Å². The van der Waals surface area contributed by atoms with Crippen LogP contribution in [0.1, 0.15) is 19.3 Å². The molecule has 0 fully saturated rings. The van der Waals surface area contributed by atoms with Gasteiger partial charge in [-0.1, -0.05) is 0 Å². The van der Waals surface area contributed by atoms with Crippen LogP contribution in [-0.2, 0) is 4.79 Å². The number of carboxylic acid groups (broad SMARTS) is 1. The first kappa shape index (κ1) is 7.50. The Morgan fingerprint density at radius 2 is 2.40 bits per heavy atom. The zero-order valence-electron chi connectivity index (χ0n) is 6.75. The van der Waals surface area contributed by atoms with Gasteiger partial charge in [0, 0.05) is 6.61 Å². The van der Waals surface area contributed by atoms with E-state index in [1.165, 1.54) is 0 Å². The Kier molecular flexibility index (Phi) is 3.90. The van der Waals surface area contributed by atoms with Crippen LogP contribution in [0.4, 0.5) is 0 Å². The van der Waals surface area contributed by atoms with E-state index in [9.17, 15) is 4.79 Å². The summed E-state index contributed by atoms with van der Waals surface area (Å²) in [6.45, 7) is 0.340. The van der Waals surface area contributed by atoms with Crippen LogP contribution in [0.5, 0.6) is 0 Å². The molecule has 0 saturated heterocycles. The molecule has 0 bridgehead atoms. The number of aliphatic hydroxyl groups excluding tert-OH is 1. The van der Waals surface area contributed by atoms with Crippen molar-refractivity contribution in [1.82, 2.24) is 0 Å². The summed E-state index contributed by atoms with van der Waals surface area (Å²) in [6, 6.07) is -0.777. The van der Waals surface area contributed by atoms with Crippen molar-refractivity contribution in [1.29, 1.82) is 1.43 Å². The molecule has 0 heterocycles. The van der Waals surface area contributed by atoms with Crippen molar-refractivity contribution in [3.8, 4) is 0 Å². The Hall–Kier alpha value is -0.610. The van der Waals surface area contributed by atoms with Gasteiger partial charge in [-0.05, 0) is 19.3 Å². The molecule has 4 N–H and O–H groups in total. The first-order chi connectivity index (χ1) is 5.18. The molecule has 0 aliphatic carbocycles. The summed E-state index contributed by atoms with van der Waals surface area (Å²) < 4.78 is 6.33. The van der Waals surface area contributed by atoms with Crippen molar-refractivity contribution in [2.75, 3.05) is 6.61 Å². The van der Waals surface area contributed by atoms with Gasteiger partial charge in [0.25, 0.3) is 0 Å². The van der Waals surface area contributed by atoms with E-state index in [1.807, 2.05) is 0 Å². The zero-order chi connectivity index (χ0) is 8.69. The smallest absolute Gasteiger partial charge is 0.320 e. The number of carbonyl (C=O) groups is 1. The lowest BCUT2D eigenvalue weighted by Gasteiger charge is -2.03. The molecule has 0 rings (SSSR count). The minimum atomic E-state index is -0.975. The van der Waals surface area contributed by atoms with Crippen LogP contribution >= 0.6 is 0 Å². The predicted molar refractivity (Wildman–Crippen MR) is 36.5 cm³/mol. The standard InChI is InChI=1S/C6H13NO3/c7-5(6(9)10)3-1-2-4-8/h5,8H,1-4,7H2,(H,9,10)/t5-/m0/s1/i8D. The van der Waals surface area contributed by atoms with Crippen LogP contribution in [0.25, 0.3) is 0 Å². The maximum absolute atomic E-state index is 10.2. The Morgan fingerprint density at radius 3 is 2.90 bits per heavy atom. The monoisotopic (exact) mass is 148 g/mol. The second-order valence-corrected chi connectivity index (χ2v) is 2.14. The number of carboxylic acids is 1. The van der Waals surface area contributed by atoms with Crippen LogP contribution < -0.4 is 5.73 Å². The zero-order valence-corrected chi connectivity index (χ0v) is 5.75. The molecular formula is C6H13NO3. The maximum atomic E-state index is 10.2. The highest BCUT2D eigenvalue weighted by Crippen LogP contribution is 1.97. The van der Waals surface area contributed by atoms with Crippen molar-refractivity contribution in [3.05, 3.63) is 0 Å². The van der Waals surface area contributed by atoms with E-state index in [2.05, 4.69) is 5.11 Å². The number of hydrogen-bond donors (Lipinski definition) is 3. The third-order valence-corrected chi connectivity index (χ3v) is 1.23. The molecule has 0 aliphatic heterocycles. The van der Waals surface area contributed by atoms with E-state index < -0.39 is 12.0 Å². The van der Waals surface area contributed by atoms with Crippen LogP contribution in [0.2, 0.25) is 0 Å². The van der Waals surface area contributed by atoms with Crippen molar-refractivity contribution in [3.63, 3.8) is 0 Å². The Balaban J connectivity index is 3.17.